The van der Waals surface area contributed by atoms with Gasteiger partial charge >= 0.3 is 0 Å². The summed E-state index contributed by atoms with van der Waals surface area (Å²) < 4.78 is 16.3. The van der Waals surface area contributed by atoms with Crippen LogP contribution in [0.3, 0.4) is 0 Å². The lowest BCUT2D eigenvalue weighted by Gasteiger charge is -2.24. The zero-order valence-corrected chi connectivity index (χ0v) is 13.1. The molecule has 8 heteroatoms. The second-order valence-electron chi connectivity index (χ2n) is 5.30. The topological polar surface area (TPSA) is 91.1 Å². The van der Waals surface area contributed by atoms with Crippen LogP contribution in [-0.4, -0.2) is 74.9 Å². The number of ketones is 1. The lowest BCUT2D eigenvalue weighted by Crippen LogP contribution is -2.35. The Labute approximate surface area is 134 Å². The fourth-order valence-electron chi connectivity index (χ4n) is 2.35. The lowest BCUT2D eigenvalue weighted by atomic mass is 10.0. The van der Waals surface area contributed by atoms with Crippen molar-refractivity contribution in [2.24, 2.45) is 0 Å². The number of rotatable bonds is 3. The molecule has 1 aliphatic carbocycles. The zero-order chi connectivity index (χ0) is 16.5. The van der Waals surface area contributed by atoms with Crippen LogP contribution in [0.5, 0.6) is 0 Å². The summed E-state index contributed by atoms with van der Waals surface area (Å²) in [6, 6.07) is 0. The third-order valence-electron chi connectivity index (χ3n) is 3.63. The van der Waals surface area contributed by atoms with Gasteiger partial charge in [0.15, 0.2) is 5.78 Å². The van der Waals surface area contributed by atoms with Crippen molar-refractivity contribution in [3.63, 3.8) is 0 Å². The van der Waals surface area contributed by atoms with Gasteiger partial charge in [-0.05, 0) is 0 Å². The number of carbonyl (C=O) groups is 1. The molecule has 0 N–H and O–H groups in total. The Kier molecular flexibility index (Phi) is 7.34. The van der Waals surface area contributed by atoms with E-state index in [0.717, 1.165) is 0 Å². The number of nitro groups is 1. The predicted octanol–water partition coefficient (Wildman–Crippen LogP) is 0.412. The fourth-order valence-corrected chi connectivity index (χ4v) is 2.35. The van der Waals surface area contributed by atoms with Crippen LogP contribution in [0.1, 0.15) is 6.42 Å². The van der Waals surface area contributed by atoms with Crippen LogP contribution in [0.4, 0.5) is 0 Å². The molecule has 0 radical (unpaired) electrons. The Balaban J connectivity index is 1.94. The Morgan fingerprint density at radius 2 is 1.61 bits per heavy atom. The molecule has 8 nitrogen and oxygen atoms in total. The Bertz CT molecular complexity index is 476. The van der Waals surface area contributed by atoms with E-state index in [2.05, 4.69) is 0 Å². The summed E-state index contributed by atoms with van der Waals surface area (Å²) in [6.07, 6.45) is 2.81. The molecule has 23 heavy (non-hydrogen) atoms. The first-order chi connectivity index (χ1) is 11.2. The van der Waals surface area contributed by atoms with Gasteiger partial charge in [-0.3, -0.25) is 19.8 Å². The van der Waals surface area contributed by atoms with Crippen molar-refractivity contribution in [1.82, 2.24) is 4.90 Å². The van der Waals surface area contributed by atoms with Crippen LogP contribution >= 0.6 is 0 Å². The quantitative estimate of drug-likeness (QED) is 0.548. The number of hydrogen-bond donors (Lipinski definition) is 0. The molecular formula is C15H22N2O6. The highest BCUT2D eigenvalue weighted by molar-refractivity contribution is 5.98. The molecule has 1 saturated heterocycles. The molecule has 128 valence electrons. The average molecular weight is 326 g/mol. The van der Waals surface area contributed by atoms with Gasteiger partial charge in [0.25, 0.3) is 5.70 Å². The maximum atomic E-state index is 12.0. The number of ether oxygens (including phenoxy) is 3. The van der Waals surface area contributed by atoms with Gasteiger partial charge in [-0.1, -0.05) is 0 Å². The van der Waals surface area contributed by atoms with Crippen molar-refractivity contribution in [2.75, 3.05) is 59.3 Å². The highest BCUT2D eigenvalue weighted by Gasteiger charge is 2.22. The van der Waals surface area contributed by atoms with E-state index in [4.69, 9.17) is 14.2 Å². The van der Waals surface area contributed by atoms with Crippen LogP contribution in [0, 0.1) is 10.1 Å². The van der Waals surface area contributed by atoms with Gasteiger partial charge in [-0.2, -0.15) is 0 Å². The molecule has 1 fully saturated rings. The minimum absolute atomic E-state index is 0.0152. The molecule has 2 aliphatic rings. The molecule has 0 saturated carbocycles. The summed E-state index contributed by atoms with van der Waals surface area (Å²) in [7, 11) is 0. The van der Waals surface area contributed by atoms with E-state index in [1.165, 1.54) is 12.2 Å². The molecule has 2 rings (SSSR count). The van der Waals surface area contributed by atoms with E-state index in [0.29, 0.717) is 64.8 Å². The second kappa shape index (κ2) is 9.51. The van der Waals surface area contributed by atoms with Crippen LogP contribution in [-0.2, 0) is 19.0 Å². The van der Waals surface area contributed by atoms with Crippen LogP contribution < -0.4 is 0 Å². The molecule has 0 aromatic rings. The molecule has 0 amide bonds. The maximum absolute atomic E-state index is 12.0. The smallest absolute Gasteiger partial charge is 0.266 e. The van der Waals surface area contributed by atoms with Crippen molar-refractivity contribution in [3.05, 3.63) is 33.5 Å². The van der Waals surface area contributed by atoms with Crippen molar-refractivity contribution in [1.29, 1.82) is 0 Å². The Morgan fingerprint density at radius 1 is 1.04 bits per heavy atom. The first-order valence-corrected chi connectivity index (χ1v) is 7.70. The van der Waals surface area contributed by atoms with Gasteiger partial charge in [-0.15, -0.1) is 0 Å². The zero-order valence-electron chi connectivity index (χ0n) is 13.1. The number of Topliss-reactive ketones (excluding diaryl/α,β-unsaturated/α-hetero) is 1. The van der Waals surface area contributed by atoms with Crippen molar-refractivity contribution >= 4 is 5.78 Å². The molecule has 1 aliphatic heterocycles. The van der Waals surface area contributed by atoms with Gasteiger partial charge < -0.3 is 14.2 Å². The van der Waals surface area contributed by atoms with Crippen molar-refractivity contribution < 1.29 is 23.9 Å². The van der Waals surface area contributed by atoms with E-state index in [1.54, 1.807) is 0 Å². The fraction of sp³-hybridized carbons (Fsp3) is 0.667. The Morgan fingerprint density at radius 3 is 2.17 bits per heavy atom. The molecule has 0 aromatic heterocycles. The minimum Gasteiger partial charge on any atom is -0.378 e. The molecule has 0 unspecified atom stereocenters. The van der Waals surface area contributed by atoms with Crippen molar-refractivity contribution in [3.8, 4) is 0 Å². The molecule has 1 heterocycles. The number of carbonyl (C=O) groups excluding carboxylic acids is 1. The standard InChI is InChI=1S/C15H22N2O6/c18-15-2-1-14(17(19)20)11-13(15)12-16-3-5-21-7-9-23-10-8-22-6-4-16/h1,11H,2-10,12H2. The summed E-state index contributed by atoms with van der Waals surface area (Å²) >= 11 is 0. The highest BCUT2D eigenvalue weighted by atomic mass is 16.6. The third-order valence-corrected chi connectivity index (χ3v) is 3.63. The van der Waals surface area contributed by atoms with Gasteiger partial charge in [0.2, 0.25) is 0 Å². The summed E-state index contributed by atoms with van der Waals surface area (Å²) in [5, 5.41) is 10.9. The van der Waals surface area contributed by atoms with E-state index < -0.39 is 4.92 Å². The van der Waals surface area contributed by atoms with Gasteiger partial charge in [0.05, 0.1) is 44.6 Å². The maximum Gasteiger partial charge on any atom is 0.266 e. The van der Waals surface area contributed by atoms with Crippen LogP contribution in [0.15, 0.2) is 23.4 Å². The number of allylic oxidation sites excluding steroid dienone is 2. The van der Waals surface area contributed by atoms with Crippen LogP contribution in [0.25, 0.3) is 0 Å². The number of hydrogen-bond acceptors (Lipinski definition) is 7. The van der Waals surface area contributed by atoms with E-state index in [-0.39, 0.29) is 17.9 Å². The largest absolute Gasteiger partial charge is 0.378 e. The molecular weight excluding hydrogens is 304 g/mol. The van der Waals surface area contributed by atoms with Crippen molar-refractivity contribution in [2.45, 2.75) is 6.42 Å². The lowest BCUT2D eigenvalue weighted by molar-refractivity contribution is -0.419. The first-order valence-electron chi connectivity index (χ1n) is 7.70. The van der Waals surface area contributed by atoms with Crippen LogP contribution in [0.2, 0.25) is 0 Å². The summed E-state index contributed by atoms with van der Waals surface area (Å²) in [5.74, 6) is -0.0723. The van der Waals surface area contributed by atoms with Gasteiger partial charge in [0.1, 0.15) is 0 Å². The van der Waals surface area contributed by atoms with E-state index in [1.807, 2.05) is 4.90 Å². The molecule has 0 atom stereocenters. The van der Waals surface area contributed by atoms with E-state index in [9.17, 15) is 14.9 Å². The molecule has 0 bridgehead atoms. The highest BCUT2D eigenvalue weighted by Crippen LogP contribution is 2.16. The summed E-state index contributed by atoms with van der Waals surface area (Å²) in [6.45, 7) is 4.76. The summed E-state index contributed by atoms with van der Waals surface area (Å²) in [4.78, 5) is 24.4. The third kappa shape index (κ3) is 6.19. The van der Waals surface area contributed by atoms with Gasteiger partial charge in [-0.25, -0.2) is 0 Å². The monoisotopic (exact) mass is 326 g/mol. The van der Waals surface area contributed by atoms with E-state index >= 15 is 0 Å². The number of nitrogens with zero attached hydrogens (tertiary/aromatic N) is 2. The predicted molar refractivity (Wildman–Crippen MR) is 81.7 cm³/mol. The average Bonchev–Trinajstić information content (AvgIpc) is 2.51. The molecule has 0 aromatic carbocycles. The normalized spacial score (nSPS) is 22.5. The molecule has 0 spiro atoms. The second-order valence-corrected chi connectivity index (χ2v) is 5.30. The SMILES string of the molecule is O=C1CC=C([N+](=O)[O-])C=C1CN1CCOCCOCCOCC1. The van der Waals surface area contributed by atoms with Gasteiger partial charge in [0, 0.05) is 43.8 Å². The minimum atomic E-state index is -0.463. The Hall–Kier alpha value is -1.61. The summed E-state index contributed by atoms with van der Waals surface area (Å²) in [5.41, 5.74) is 0.452. The first kappa shape index (κ1) is 17.7.